The smallest absolute Gasteiger partial charge is 0.0704 e. The number of rotatable bonds is 3. The van der Waals surface area contributed by atoms with Gasteiger partial charge >= 0.3 is 0 Å². The van der Waals surface area contributed by atoms with Crippen LogP contribution >= 0.6 is 0 Å². The van der Waals surface area contributed by atoms with Crippen molar-refractivity contribution in [2.45, 2.75) is 20.3 Å². The summed E-state index contributed by atoms with van der Waals surface area (Å²) in [5, 5.41) is 8.94. The van der Waals surface area contributed by atoms with E-state index in [-0.39, 0.29) is 6.61 Å². The van der Waals surface area contributed by atoms with Crippen molar-refractivity contribution in [3.8, 4) is 11.3 Å². The largest absolute Gasteiger partial charge is 0.396 e. The van der Waals surface area contributed by atoms with Crippen molar-refractivity contribution in [2.24, 2.45) is 0 Å². The third kappa shape index (κ3) is 2.71. The molecule has 1 aromatic carbocycles. The number of aromatic nitrogens is 1. The van der Waals surface area contributed by atoms with Crippen molar-refractivity contribution in [3.63, 3.8) is 0 Å². The van der Waals surface area contributed by atoms with Gasteiger partial charge < -0.3 is 5.11 Å². The second kappa shape index (κ2) is 5.11. The minimum Gasteiger partial charge on any atom is -0.396 e. The standard InChI is InChI=1S/C15H17NO/c1-11-3-4-14(9-12(11)2)15-10-13(6-8-17)5-7-16-15/h3-5,7,9-10,17H,6,8H2,1-2H3. The lowest BCUT2D eigenvalue weighted by molar-refractivity contribution is 0.299. The van der Waals surface area contributed by atoms with Gasteiger partial charge in [0.25, 0.3) is 0 Å². The van der Waals surface area contributed by atoms with E-state index in [1.807, 2.05) is 12.1 Å². The lowest BCUT2D eigenvalue weighted by Crippen LogP contribution is -1.93. The summed E-state index contributed by atoms with van der Waals surface area (Å²) in [5.74, 6) is 0. The summed E-state index contributed by atoms with van der Waals surface area (Å²) in [4.78, 5) is 4.38. The van der Waals surface area contributed by atoms with Gasteiger partial charge in [0, 0.05) is 18.4 Å². The molecule has 0 amide bonds. The van der Waals surface area contributed by atoms with E-state index in [4.69, 9.17) is 5.11 Å². The number of aryl methyl sites for hydroxylation is 2. The van der Waals surface area contributed by atoms with Crippen molar-refractivity contribution in [2.75, 3.05) is 6.61 Å². The van der Waals surface area contributed by atoms with Gasteiger partial charge in [0.05, 0.1) is 5.69 Å². The van der Waals surface area contributed by atoms with Gasteiger partial charge in [0.2, 0.25) is 0 Å². The number of aliphatic hydroxyl groups excluding tert-OH is 1. The number of aliphatic hydroxyl groups is 1. The van der Waals surface area contributed by atoms with E-state index in [2.05, 4.69) is 37.0 Å². The van der Waals surface area contributed by atoms with Gasteiger partial charge in [-0.25, -0.2) is 0 Å². The van der Waals surface area contributed by atoms with Crippen molar-refractivity contribution < 1.29 is 5.11 Å². The first kappa shape index (κ1) is 11.8. The summed E-state index contributed by atoms with van der Waals surface area (Å²) >= 11 is 0. The third-order valence-electron chi connectivity index (χ3n) is 3.03. The highest BCUT2D eigenvalue weighted by molar-refractivity contribution is 5.61. The van der Waals surface area contributed by atoms with Crippen LogP contribution in [-0.4, -0.2) is 16.7 Å². The first-order valence-electron chi connectivity index (χ1n) is 5.84. The Balaban J connectivity index is 2.38. The topological polar surface area (TPSA) is 33.1 Å². The summed E-state index contributed by atoms with van der Waals surface area (Å²) < 4.78 is 0. The number of benzene rings is 1. The van der Waals surface area contributed by atoms with E-state index in [1.54, 1.807) is 6.20 Å². The number of nitrogens with zero attached hydrogens (tertiary/aromatic N) is 1. The normalized spacial score (nSPS) is 10.5. The number of pyridine rings is 1. The summed E-state index contributed by atoms with van der Waals surface area (Å²) in [6.45, 7) is 4.39. The van der Waals surface area contributed by atoms with Crippen LogP contribution in [0.3, 0.4) is 0 Å². The Kier molecular flexibility index (Phi) is 3.55. The van der Waals surface area contributed by atoms with Crippen molar-refractivity contribution >= 4 is 0 Å². The van der Waals surface area contributed by atoms with Gasteiger partial charge in [-0.1, -0.05) is 12.1 Å². The molecule has 0 aliphatic rings. The Labute approximate surface area is 102 Å². The van der Waals surface area contributed by atoms with Gasteiger partial charge in [-0.2, -0.15) is 0 Å². The van der Waals surface area contributed by atoms with Crippen LogP contribution in [0, 0.1) is 13.8 Å². The number of hydrogen-bond acceptors (Lipinski definition) is 2. The van der Waals surface area contributed by atoms with E-state index in [9.17, 15) is 0 Å². The van der Waals surface area contributed by atoms with Crippen molar-refractivity contribution in [1.29, 1.82) is 0 Å². The van der Waals surface area contributed by atoms with Crippen LogP contribution in [0.25, 0.3) is 11.3 Å². The van der Waals surface area contributed by atoms with Crippen LogP contribution in [0.5, 0.6) is 0 Å². The molecule has 0 atom stereocenters. The molecule has 0 bridgehead atoms. The molecule has 2 aromatic rings. The SMILES string of the molecule is Cc1ccc(-c2cc(CCO)ccn2)cc1C. The van der Waals surface area contributed by atoms with E-state index in [1.165, 1.54) is 11.1 Å². The molecule has 17 heavy (non-hydrogen) atoms. The van der Waals surface area contributed by atoms with Gasteiger partial charge in [-0.15, -0.1) is 0 Å². The van der Waals surface area contributed by atoms with E-state index >= 15 is 0 Å². The molecule has 0 fully saturated rings. The van der Waals surface area contributed by atoms with Crippen LogP contribution < -0.4 is 0 Å². The van der Waals surface area contributed by atoms with Crippen LogP contribution in [0.2, 0.25) is 0 Å². The first-order chi connectivity index (χ1) is 8.20. The molecule has 0 spiro atoms. The molecule has 2 nitrogen and oxygen atoms in total. The second-order valence-corrected chi connectivity index (χ2v) is 4.32. The molecule has 1 N–H and O–H groups in total. The summed E-state index contributed by atoms with van der Waals surface area (Å²) in [7, 11) is 0. The summed E-state index contributed by atoms with van der Waals surface area (Å²) in [5.41, 5.74) is 5.79. The van der Waals surface area contributed by atoms with Crippen LogP contribution in [0.15, 0.2) is 36.5 Å². The molecule has 0 aliphatic heterocycles. The van der Waals surface area contributed by atoms with E-state index < -0.39 is 0 Å². The molecule has 2 heteroatoms. The molecule has 0 saturated heterocycles. The Morgan fingerprint density at radius 3 is 2.59 bits per heavy atom. The van der Waals surface area contributed by atoms with E-state index in [0.29, 0.717) is 6.42 Å². The highest BCUT2D eigenvalue weighted by atomic mass is 16.2. The third-order valence-corrected chi connectivity index (χ3v) is 3.03. The molecule has 0 unspecified atom stereocenters. The summed E-state index contributed by atoms with van der Waals surface area (Å²) in [6.07, 6.45) is 2.48. The predicted molar refractivity (Wildman–Crippen MR) is 69.9 cm³/mol. The zero-order valence-electron chi connectivity index (χ0n) is 10.3. The maximum absolute atomic E-state index is 8.94. The lowest BCUT2D eigenvalue weighted by atomic mass is 10.0. The minimum atomic E-state index is 0.177. The average Bonchev–Trinajstić information content (AvgIpc) is 2.33. The van der Waals surface area contributed by atoms with E-state index in [0.717, 1.165) is 16.8 Å². The Morgan fingerprint density at radius 1 is 1.06 bits per heavy atom. The zero-order valence-corrected chi connectivity index (χ0v) is 10.3. The van der Waals surface area contributed by atoms with Gasteiger partial charge in [0.1, 0.15) is 0 Å². The fraction of sp³-hybridized carbons (Fsp3) is 0.267. The molecule has 0 radical (unpaired) electrons. The molecular weight excluding hydrogens is 210 g/mol. The Hall–Kier alpha value is -1.67. The maximum atomic E-state index is 8.94. The Morgan fingerprint density at radius 2 is 1.88 bits per heavy atom. The monoisotopic (exact) mass is 227 g/mol. The van der Waals surface area contributed by atoms with Gasteiger partial charge in [-0.05, 0) is 55.2 Å². The van der Waals surface area contributed by atoms with Crippen LogP contribution in [-0.2, 0) is 6.42 Å². The highest BCUT2D eigenvalue weighted by Gasteiger charge is 2.02. The van der Waals surface area contributed by atoms with Crippen molar-refractivity contribution in [1.82, 2.24) is 4.98 Å². The highest BCUT2D eigenvalue weighted by Crippen LogP contribution is 2.21. The maximum Gasteiger partial charge on any atom is 0.0704 e. The van der Waals surface area contributed by atoms with Crippen LogP contribution in [0.4, 0.5) is 0 Å². The van der Waals surface area contributed by atoms with Gasteiger partial charge in [0.15, 0.2) is 0 Å². The summed E-state index contributed by atoms with van der Waals surface area (Å²) in [6, 6.07) is 10.3. The van der Waals surface area contributed by atoms with Crippen molar-refractivity contribution in [3.05, 3.63) is 53.2 Å². The quantitative estimate of drug-likeness (QED) is 0.874. The average molecular weight is 227 g/mol. The molecule has 1 aromatic heterocycles. The molecule has 88 valence electrons. The fourth-order valence-electron chi connectivity index (χ4n) is 1.82. The minimum absolute atomic E-state index is 0.177. The molecule has 0 aliphatic carbocycles. The first-order valence-corrected chi connectivity index (χ1v) is 5.84. The second-order valence-electron chi connectivity index (χ2n) is 4.32. The van der Waals surface area contributed by atoms with Gasteiger partial charge in [-0.3, -0.25) is 4.98 Å². The molecule has 0 saturated carbocycles. The predicted octanol–water partition coefficient (Wildman–Crippen LogP) is 2.90. The number of hydrogen-bond donors (Lipinski definition) is 1. The fourth-order valence-corrected chi connectivity index (χ4v) is 1.82. The van der Waals surface area contributed by atoms with Crippen LogP contribution in [0.1, 0.15) is 16.7 Å². The lowest BCUT2D eigenvalue weighted by Gasteiger charge is -2.06. The molecular formula is C15H17NO. The molecule has 1 heterocycles. The zero-order chi connectivity index (χ0) is 12.3. The Bertz CT molecular complexity index is 520. The molecule has 2 rings (SSSR count).